The molecule has 0 spiro atoms. The number of aliphatic hydroxyl groups excluding tert-OH is 2. The van der Waals surface area contributed by atoms with Crippen molar-refractivity contribution in [2.24, 2.45) is 9.98 Å². The second-order valence-corrected chi connectivity index (χ2v) is 7.13. The van der Waals surface area contributed by atoms with E-state index in [1.54, 1.807) is 26.5 Å². The molecule has 6 nitrogen and oxygen atoms in total. The van der Waals surface area contributed by atoms with E-state index < -0.39 is 12.5 Å². The zero-order chi connectivity index (χ0) is 17.4. The van der Waals surface area contributed by atoms with Gasteiger partial charge in [-0.05, 0) is 26.7 Å². The van der Waals surface area contributed by atoms with Gasteiger partial charge in [0.1, 0.15) is 12.5 Å². The molecule has 0 bridgehead atoms. The summed E-state index contributed by atoms with van der Waals surface area (Å²) < 4.78 is 0. The molecule has 2 N–H and O–H groups in total. The molecular weight excluding hydrogens is 304 g/mol. The van der Waals surface area contributed by atoms with Gasteiger partial charge < -0.3 is 20.0 Å². The van der Waals surface area contributed by atoms with Crippen molar-refractivity contribution in [2.45, 2.75) is 89.8 Å². The monoisotopic (exact) mass is 338 g/mol. The first kappa shape index (κ1) is 19.2. The Balaban J connectivity index is 1.45. The van der Waals surface area contributed by atoms with E-state index in [4.69, 9.17) is 0 Å². The maximum Gasteiger partial charge on any atom is 0.125 e. The van der Waals surface area contributed by atoms with Crippen LogP contribution in [-0.4, -0.2) is 70.3 Å². The molecule has 0 aromatic rings. The van der Waals surface area contributed by atoms with Crippen LogP contribution in [0.5, 0.6) is 0 Å². The predicted octanol–water partition coefficient (Wildman–Crippen LogP) is 2.21. The highest BCUT2D eigenvalue weighted by molar-refractivity contribution is 5.58. The summed E-state index contributed by atoms with van der Waals surface area (Å²) in [6.45, 7) is 5.26. The van der Waals surface area contributed by atoms with Gasteiger partial charge in [-0.2, -0.15) is 0 Å². The van der Waals surface area contributed by atoms with E-state index >= 15 is 0 Å². The quantitative estimate of drug-likeness (QED) is 0.567. The molecule has 2 aliphatic rings. The molecule has 4 unspecified atom stereocenters. The third-order valence-corrected chi connectivity index (χ3v) is 5.09. The van der Waals surface area contributed by atoms with Crippen LogP contribution in [0.3, 0.4) is 0 Å². The molecule has 2 rings (SSSR count). The highest BCUT2D eigenvalue weighted by Gasteiger charge is 2.23. The Bertz CT molecular complexity index is 374. The first-order chi connectivity index (χ1) is 11.6. The molecule has 0 fully saturated rings. The van der Waals surface area contributed by atoms with Gasteiger partial charge in [-0.1, -0.05) is 38.5 Å². The molecule has 6 heteroatoms. The Morgan fingerprint density at radius 2 is 1.17 bits per heavy atom. The summed E-state index contributed by atoms with van der Waals surface area (Å²) in [7, 11) is 0. The predicted molar refractivity (Wildman–Crippen MR) is 98.3 cm³/mol. The van der Waals surface area contributed by atoms with Crippen LogP contribution in [0.15, 0.2) is 9.98 Å². The van der Waals surface area contributed by atoms with Gasteiger partial charge in [0.2, 0.25) is 0 Å². The van der Waals surface area contributed by atoms with Crippen molar-refractivity contribution in [1.82, 2.24) is 9.80 Å². The van der Waals surface area contributed by atoms with Crippen LogP contribution in [0.1, 0.15) is 65.2 Å². The Morgan fingerprint density at radius 3 is 1.54 bits per heavy atom. The van der Waals surface area contributed by atoms with E-state index in [2.05, 4.69) is 9.98 Å². The minimum absolute atomic E-state index is 0.388. The van der Waals surface area contributed by atoms with Gasteiger partial charge >= 0.3 is 0 Å². The molecule has 0 saturated heterocycles. The summed E-state index contributed by atoms with van der Waals surface area (Å²) in [5.41, 5.74) is 0. The number of hydrogen-bond donors (Lipinski definition) is 2. The first-order valence-electron chi connectivity index (χ1n) is 9.50. The SMILES string of the molecule is CC(O)N1C=NCC1CCCCCCCCC1CN=CN1C(C)O. The summed E-state index contributed by atoms with van der Waals surface area (Å²) in [5, 5.41) is 19.3. The number of aliphatic hydroxyl groups is 2. The highest BCUT2D eigenvalue weighted by atomic mass is 16.3. The second kappa shape index (κ2) is 9.99. The van der Waals surface area contributed by atoms with Gasteiger partial charge in [-0.15, -0.1) is 0 Å². The zero-order valence-electron chi connectivity index (χ0n) is 15.2. The molecule has 138 valence electrons. The lowest BCUT2D eigenvalue weighted by Crippen LogP contribution is -2.38. The van der Waals surface area contributed by atoms with Gasteiger partial charge in [0, 0.05) is 0 Å². The molecule has 2 heterocycles. The van der Waals surface area contributed by atoms with Crippen LogP contribution in [0.25, 0.3) is 0 Å². The molecule has 0 radical (unpaired) electrons. The number of unbranched alkanes of at least 4 members (excludes halogenated alkanes) is 5. The summed E-state index contributed by atoms with van der Waals surface area (Å²) in [5.74, 6) is 0. The van der Waals surface area contributed by atoms with Gasteiger partial charge in [-0.3, -0.25) is 9.98 Å². The normalized spacial score (nSPS) is 25.7. The molecule has 0 saturated carbocycles. The molecule has 0 aliphatic carbocycles. The average molecular weight is 338 g/mol. The number of hydrogen-bond acceptors (Lipinski definition) is 6. The van der Waals surface area contributed by atoms with Crippen LogP contribution >= 0.6 is 0 Å². The maximum atomic E-state index is 9.67. The fourth-order valence-electron chi connectivity index (χ4n) is 3.65. The minimum Gasteiger partial charge on any atom is -0.374 e. The van der Waals surface area contributed by atoms with E-state index in [1.165, 1.54) is 38.5 Å². The fraction of sp³-hybridized carbons (Fsp3) is 0.889. The Kier molecular flexibility index (Phi) is 7.99. The van der Waals surface area contributed by atoms with Gasteiger partial charge in [0.25, 0.3) is 0 Å². The lowest BCUT2D eigenvalue weighted by Gasteiger charge is -2.26. The van der Waals surface area contributed by atoms with Crippen molar-refractivity contribution in [3.05, 3.63) is 0 Å². The standard InChI is InChI=1S/C18H34N4O2/c1-15(23)21-13-19-11-17(21)9-7-5-3-4-6-8-10-18-12-20-14-22(18)16(2)24/h13-18,23-24H,3-12H2,1-2H3. The summed E-state index contributed by atoms with van der Waals surface area (Å²) >= 11 is 0. The first-order valence-corrected chi connectivity index (χ1v) is 9.50. The molecule has 4 atom stereocenters. The van der Waals surface area contributed by atoms with E-state index in [0.717, 1.165) is 25.9 Å². The van der Waals surface area contributed by atoms with E-state index in [-0.39, 0.29) is 0 Å². The van der Waals surface area contributed by atoms with E-state index in [0.29, 0.717) is 12.1 Å². The maximum absolute atomic E-state index is 9.67. The van der Waals surface area contributed by atoms with Crippen molar-refractivity contribution in [2.75, 3.05) is 13.1 Å². The third kappa shape index (κ3) is 5.74. The largest absolute Gasteiger partial charge is 0.374 e. The molecule has 0 amide bonds. The van der Waals surface area contributed by atoms with Crippen molar-refractivity contribution < 1.29 is 10.2 Å². The van der Waals surface area contributed by atoms with Crippen LogP contribution in [0.4, 0.5) is 0 Å². The second-order valence-electron chi connectivity index (χ2n) is 7.13. The number of aliphatic imine (C=N–C) groups is 2. The molecule has 0 aromatic heterocycles. The van der Waals surface area contributed by atoms with Crippen molar-refractivity contribution >= 4 is 12.7 Å². The topological polar surface area (TPSA) is 71.7 Å². The van der Waals surface area contributed by atoms with Crippen LogP contribution < -0.4 is 0 Å². The van der Waals surface area contributed by atoms with Crippen molar-refractivity contribution in [3.8, 4) is 0 Å². The number of nitrogens with zero attached hydrogens (tertiary/aromatic N) is 4. The van der Waals surface area contributed by atoms with Crippen LogP contribution in [-0.2, 0) is 0 Å². The van der Waals surface area contributed by atoms with Gasteiger partial charge in [0.05, 0.1) is 37.9 Å². The molecular formula is C18H34N4O2. The fourth-order valence-corrected chi connectivity index (χ4v) is 3.65. The smallest absolute Gasteiger partial charge is 0.125 e. The zero-order valence-corrected chi connectivity index (χ0v) is 15.2. The number of rotatable bonds is 11. The van der Waals surface area contributed by atoms with Crippen molar-refractivity contribution in [1.29, 1.82) is 0 Å². The lowest BCUT2D eigenvalue weighted by molar-refractivity contribution is 0.0524. The average Bonchev–Trinajstić information content (AvgIpc) is 3.18. The van der Waals surface area contributed by atoms with Gasteiger partial charge in [-0.25, -0.2) is 0 Å². The van der Waals surface area contributed by atoms with Crippen LogP contribution in [0.2, 0.25) is 0 Å². The van der Waals surface area contributed by atoms with E-state index in [1.807, 2.05) is 9.80 Å². The van der Waals surface area contributed by atoms with Crippen LogP contribution in [0, 0.1) is 0 Å². The summed E-state index contributed by atoms with van der Waals surface area (Å²) in [6, 6.07) is 0.776. The summed E-state index contributed by atoms with van der Waals surface area (Å²) in [4.78, 5) is 12.5. The Morgan fingerprint density at radius 1 is 0.792 bits per heavy atom. The van der Waals surface area contributed by atoms with Crippen molar-refractivity contribution in [3.63, 3.8) is 0 Å². The molecule has 0 aromatic carbocycles. The van der Waals surface area contributed by atoms with E-state index in [9.17, 15) is 10.2 Å². The minimum atomic E-state index is -0.429. The molecule has 24 heavy (non-hydrogen) atoms. The van der Waals surface area contributed by atoms with Gasteiger partial charge in [0.15, 0.2) is 0 Å². The molecule has 2 aliphatic heterocycles. The Hall–Kier alpha value is -1.14. The summed E-state index contributed by atoms with van der Waals surface area (Å²) in [6.07, 6.45) is 12.5. The third-order valence-electron chi connectivity index (χ3n) is 5.09. The highest BCUT2D eigenvalue weighted by Crippen LogP contribution is 2.18. The lowest BCUT2D eigenvalue weighted by atomic mass is 10.0. The Labute approximate surface area is 146 Å².